The Labute approximate surface area is 117 Å². The smallest absolute Gasteiger partial charge is 0.202 e. The van der Waals surface area contributed by atoms with Crippen molar-refractivity contribution in [3.8, 4) is 5.75 Å². The summed E-state index contributed by atoms with van der Waals surface area (Å²) in [7, 11) is 0. The summed E-state index contributed by atoms with van der Waals surface area (Å²) in [4.78, 5) is 8.61. The number of ether oxygens (including phenoxy) is 1. The van der Waals surface area contributed by atoms with Crippen LogP contribution in [0.3, 0.4) is 0 Å². The summed E-state index contributed by atoms with van der Waals surface area (Å²) in [5, 5.41) is 0. The van der Waals surface area contributed by atoms with Crippen molar-refractivity contribution in [1.29, 1.82) is 0 Å². The van der Waals surface area contributed by atoms with Crippen LogP contribution in [0.1, 0.15) is 6.42 Å². The van der Waals surface area contributed by atoms with Gasteiger partial charge >= 0.3 is 0 Å². The molecule has 3 rings (SSSR count). The van der Waals surface area contributed by atoms with E-state index in [1.807, 2.05) is 47.0 Å². The van der Waals surface area contributed by atoms with Crippen LogP contribution in [0.4, 0.5) is 5.95 Å². The minimum absolute atomic E-state index is 0.499. The quantitative estimate of drug-likeness (QED) is 0.722. The second-order valence-electron chi connectivity index (χ2n) is 4.48. The molecule has 0 spiro atoms. The lowest BCUT2D eigenvalue weighted by atomic mass is 10.3. The van der Waals surface area contributed by atoms with E-state index in [1.54, 1.807) is 6.20 Å². The van der Waals surface area contributed by atoms with Crippen LogP contribution in [0.15, 0.2) is 48.7 Å². The molecular weight excluding hydrogens is 252 g/mol. The van der Waals surface area contributed by atoms with Crippen molar-refractivity contribution in [2.45, 2.75) is 13.0 Å². The predicted octanol–water partition coefficient (Wildman–Crippen LogP) is 2.48. The van der Waals surface area contributed by atoms with Crippen LogP contribution in [-0.4, -0.2) is 21.1 Å². The molecule has 2 aromatic heterocycles. The molecule has 5 nitrogen and oxygen atoms in total. The fourth-order valence-corrected chi connectivity index (χ4v) is 2.13. The van der Waals surface area contributed by atoms with Crippen molar-refractivity contribution in [2.24, 2.45) is 0 Å². The molecule has 0 bridgehead atoms. The lowest BCUT2D eigenvalue weighted by Crippen LogP contribution is -2.07. The highest BCUT2D eigenvalue weighted by Crippen LogP contribution is 2.15. The van der Waals surface area contributed by atoms with Crippen LogP contribution in [0, 0.1) is 0 Å². The van der Waals surface area contributed by atoms with Gasteiger partial charge in [-0.25, -0.2) is 9.97 Å². The molecule has 0 aliphatic heterocycles. The number of nitrogens with zero attached hydrogens (tertiary/aromatic N) is 3. The van der Waals surface area contributed by atoms with Gasteiger partial charge in [0.25, 0.3) is 0 Å². The number of rotatable bonds is 5. The maximum absolute atomic E-state index is 5.92. The topological polar surface area (TPSA) is 66.0 Å². The highest BCUT2D eigenvalue weighted by Gasteiger charge is 2.07. The van der Waals surface area contributed by atoms with Gasteiger partial charge in [-0.3, -0.25) is 4.57 Å². The molecule has 3 aromatic rings. The molecule has 0 amide bonds. The largest absolute Gasteiger partial charge is 0.494 e. The molecule has 0 saturated carbocycles. The minimum Gasteiger partial charge on any atom is -0.494 e. The van der Waals surface area contributed by atoms with Crippen LogP contribution in [0.25, 0.3) is 11.2 Å². The van der Waals surface area contributed by atoms with Crippen LogP contribution >= 0.6 is 0 Å². The Morgan fingerprint density at radius 2 is 1.95 bits per heavy atom. The fraction of sp³-hybridized carbons (Fsp3) is 0.200. The SMILES string of the molecule is Nc1nc2cccnc2n1CCCOc1ccccc1. The maximum atomic E-state index is 5.92. The van der Waals surface area contributed by atoms with Gasteiger partial charge < -0.3 is 10.5 Å². The van der Waals surface area contributed by atoms with Gasteiger partial charge in [-0.2, -0.15) is 0 Å². The fourth-order valence-electron chi connectivity index (χ4n) is 2.13. The number of benzene rings is 1. The van der Waals surface area contributed by atoms with E-state index in [9.17, 15) is 0 Å². The van der Waals surface area contributed by atoms with E-state index in [0.29, 0.717) is 12.6 Å². The van der Waals surface area contributed by atoms with Gasteiger partial charge in [-0.1, -0.05) is 18.2 Å². The van der Waals surface area contributed by atoms with Gasteiger partial charge in [0.2, 0.25) is 5.95 Å². The highest BCUT2D eigenvalue weighted by molar-refractivity contribution is 5.73. The first-order valence-corrected chi connectivity index (χ1v) is 6.59. The Balaban J connectivity index is 1.61. The summed E-state index contributed by atoms with van der Waals surface area (Å²) in [5.41, 5.74) is 7.57. The van der Waals surface area contributed by atoms with E-state index in [4.69, 9.17) is 10.5 Å². The van der Waals surface area contributed by atoms with Gasteiger partial charge in [0.05, 0.1) is 6.61 Å². The number of imidazole rings is 1. The zero-order chi connectivity index (χ0) is 13.8. The van der Waals surface area contributed by atoms with Crippen molar-refractivity contribution in [3.05, 3.63) is 48.7 Å². The number of para-hydroxylation sites is 1. The van der Waals surface area contributed by atoms with E-state index in [1.165, 1.54) is 0 Å². The lowest BCUT2D eigenvalue weighted by Gasteiger charge is -2.07. The van der Waals surface area contributed by atoms with Crippen molar-refractivity contribution >= 4 is 17.1 Å². The van der Waals surface area contributed by atoms with Gasteiger partial charge in [0.1, 0.15) is 11.3 Å². The molecule has 0 radical (unpaired) electrons. The number of pyridine rings is 1. The first-order chi connectivity index (χ1) is 9.84. The zero-order valence-corrected chi connectivity index (χ0v) is 11.1. The second-order valence-corrected chi connectivity index (χ2v) is 4.48. The molecule has 5 heteroatoms. The Kier molecular flexibility index (Phi) is 3.50. The number of hydrogen-bond donors (Lipinski definition) is 1. The Morgan fingerprint density at radius 3 is 2.80 bits per heavy atom. The summed E-state index contributed by atoms with van der Waals surface area (Å²) in [5.74, 6) is 1.38. The van der Waals surface area contributed by atoms with Crippen LogP contribution in [0.5, 0.6) is 5.75 Å². The average molecular weight is 268 g/mol. The van der Waals surface area contributed by atoms with E-state index in [-0.39, 0.29) is 0 Å². The molecule has 0 aliphatic rings. The molecule has 2 heterocycles. The molecule has 2 N–H and O–H groups in total. The third-order valence-electron chi connectivity index (χ3n) is 3.07. The third kappa shape index (κ3) is 2.56. The normalized spacial score (nSPS) is 10.8. The van der Waals surface area contributed by atoms with Crippen LogP contribution < -0.4 is 10.5 Å². The Hall–Kier alpha value is -2.56. The summed E-state index contributed by atoms with van der Waals surface area (Å²) >= 11 is 0. The van der Waals surface area contributed by atoms with E-state index >= 15 is 0 Å². The summed E-state index contributed by atoms with van der Waals surface area (Å²) in [6, 6.07) is 13.6. The molecule has 1 aromatic carbocycles. The summed E-state index contributed by atoms with van der Waals surface area (Å²) < 4.78 is 7.58. The van der Waals surface area contributed by atoms with E-state index in [2.05, 4.69) is 9.97 Å². The Morgan fingerprint density at radius 1 is 1.10 bits per heavy atom. The van der Waals surface area contributed by atoms with Crippen LogP contribution in [-0.2, 0) is 6.54 Å². The number of aromatic nitrogens is 3. The predicted molar refractivity (Wildman–Crippen MR) is 78.5 cm³/mol. The zero-order valence-electron chi connectivity index (χ0n) is 11.1. The minimum atomic E-state index is 0.499. The van der Waals surface area contributed by atoms with E-state index < -0.39 is 0 Å². The number of hydrogen-bond acceptors (Lipinski definition) is 4. The number of fused-ring (bicyclic) bond motifs is 1. The van der Waals surface area contributed by atoms with Crippen molar-refractivity contribution in [2.75, 3.05) is 12.3 Å². The number of nitrogens with two attached hydrogens (primary N) is 1. The molecule has 102 valence electrons. The molecule has 0 atom stereocenters. The van der Waals surface area contributed by atoms with Crippen molar-refractivity contribution in [3.63, 3.8) is 0 Å². The average Bonchev–Trinajstić information content (AvgIpc) is 2.80. The summed E-state index contributed by atoms with van der Waals surface area (Å²) in [6.07, 6.45) is 2.60. The number of nitrogen functional groups attached to an aromatic ring is 1. The molecule has 20 heavy (non-hydrogen) atoms. The van der Waals surface area contributed by atoms with Crippen LogP contribution in [0.2, 0.25) is 0 Å². The molecule has 0 aliphatic carbocycles. The molecule has 0 unspecified atom stereocenters. The number of aryl methyl sites for hydroxylation is 1. The molecule has 0 fully saturated rings. The molecule has 0 saturated heterocycles. The third-order valence-corrected chi connectivity index (χ3v) is 3.07. The molecular formula is C15H16N4O. The van der Waals surface area contributed by atoms with Gasteiger partial charge in [0, 0.05) is 12.7 Å². The first kappa shape index (κ1) is 12.5. The van der Waals surface area contributed by atoms with Gasteiger partial charge in [-0.05, 0) is 30.7 Å². The lowest BCUT2D eigenvalue weighted by molar-refractivity contribution is 0.303. The summed E-state index contributed by atoms with van der Waals surface area (Å²) in [6.45, 7) is 1.38. The Bertz CT molecular complexity index is 693. The monoisotopic (exact) mass is 268 g/mol. The van der Waals surface area contributed by atoms with Gasteiger partial charge in [0.15, 0.2) is 5.65 Å². The maximum Gasteiger partial charge on any atom is 0.202 e. The first-order valence-electron chi connectivity index (χ1n) is 6.59. The van der Waals surface area contributed by atoms with Crippen molar-refractivity contribution < 1.29 is 4.74 Å². The highest BCUT2D eigenvalue weighted by atomic mass is 16.5. The number of anilines is 1. The van der Waals surface area contributed by atoms with E-state index in [0.717, 1.165) is 29.9 Å². The van der Waals surface area contributed by atoms with Gasteiger partial charge in [-0.15, -0.1) is 0 Å². The van der Waals surface area contributed by atoms with Crippen molar-refractivity contribution in [1.82, 2.24) is 14.5 Å². The second kappa shape index (κ2) is 5.61. The standard InChI is InChI=1S/C15H16N4O/c16-15-18-13-8-4-9-17-14(13)19(15)10-5-11-20-12-6-2-1-3-7-12/h1-4,6-9H,5,10-11H2,(H2,16,18).